The summed E-state index contributed by atoms with van der Waals surface area (Å²) in [4.78, 5) is 114. The number of carbonyl (C=O) groups is 9. The summed E-state index contributed by atoms with van der Waals surface area (Å²) in [5.74, 6) is -19.3. The number of carbonyl (C=O) groups excluding carboxylic acids is 9. The van der Waals surface area contributed by atoms with Gasteiger partial charge >= 0.3 is 29.8 Å². The number of halogens is 5. The van der Waals surface area contributed by atoms with Gasteiger partial charge in [-0.1, -0.05) is 86.0 Å². The van der Waals surface area contributed by atoms with Crippen LogP contribution in [0.4, 0.5) is 22.0 Å². The largest absolute Gasteiger partial charge is 0.463 e. The first-order chi connectivity index (χ1) is 43.2. The Morgan fingerprint density at radius 3 is 1.19 bits per heavy atom. The molecule has 0 saturated carbocycles. The summed E-state index contributed by atoms with van der Waals surface area (Å²) in [5.41, 5.74) is -1.35. The van der Waals surface area contributed by atoms with Crippen molar-refractivity contribution in [1.82, 2.24) is 21.3 Å². The predicted octanol–water partition coefficient (Wildman–Crippen LogP) is 9.11. The molecule has 2 heterocycles. The van der Waals surface area contributed by atoms with Gasteiger partial charge in [0.1, 0.15) is 37.6 Å². The molecular weight excluding hydrogens is 1210 g/mol. The molecule has 2 aliphatic rings. The zero-order valence-corrected chi connectivity index (χ0v) is 54.5. The van der Waals surface area contributed by atoms with E-state index < -0.39 is 126 Å². The number of hydrogen-bond donors (Lipinski definition) is 4. The number of nitrogens with one attached hydrogen (secondary N) is 4. The maximum atomic E-state index is 14.3. The first-order valence-corrected chi connectivity index (χ1v) is 32.2. The van der Waals surface area contributed by atoms with Gasteiger partial charge in [-0.3, -0.25) is 43.2 Å². The smallest absolute Gasteiger partial charge is 0.311 e. The van der Waals surface area contributed by atoms with Crippen molar-refractivity contribution in [3.63, 3.8) is 0 Å². The second-order valence-electron chi connectivity index (χ2n) is 23.9. The Kier molecular flexibility index (Phi) is 36.7. The molecule has 27 heteroatoms. The minimum Gasteiger partial charge on any atom is -0.463 e. The molecule has 0 aromatic heterocycles. The van der Waals surface area contributed by atoms with Crippen LogP contribution in [-0.4, -0.2) is 142 Å². The van der Waals surface area contributed by atoms with Crippen molar-refractivity contribution in [3.8, 4) is 5.75 Å². The van der Waals surface area contributed by atoms with Crippen molar-refractivity contribution >= 4 is 53.5 Å². The number of rotatable bonds is 43. The Hall–Kier alpha value is -6.06. The molecule has 4 amide bonds. The van der Waals surface area contributed by atoms with Crippen LogP contribution in [-0.2, 0) is 81.0 Å². The highest BCUT2D eigenvalue weighted by molar-refractivity contribution is 5.81. The maximum Gasteiger partial charge on any atom is 0.311 e. The van der Waals surface area contributed by atoms with Crippen LogP contribution in [0.2, 0.25) is 0 Å². The number of unbranched alkanes of at least 4 members (excludes halogenated alkanes) is 10. The normalized spacial score (nSPS) is 22.0. The average Bonchev–Trinajstić information content (AvgIpc) is 0.881. The monoisotopic (exact) mass is 1310 g/mol. The quantitative estimate of drug-likeness (QED) is 0.00901. The molecule has 0 bridgehead atoms. The second-order valence-corrected chi connectivity index (χ2v) is 23.9. The summed E-state index contributed by atoms with van der Waals surface area (Å²) in [5, 5.41) is 11.7. The van der Waals surface area contributed by atoms with Crippen molar-refractivity contribution in [1.29, 1.82) is 0 Å². The summed E-state index contributed by atoms with van der Waals surface area (Å²) < 4.78 is 120. The van der Waals surface area contributed by atoms with Gasteiger partial charge in [0.05, 0.1) is 0 Å². The molecule has 0 spiro atoms. The van der Waals surface area contributed by atoms with Crippen LogP contribution in [0.25, 0.3) is 0 Å². The van der Waals surface area contributed by atoms with Crippen LogP contribution < -0.4 is 26.0 Å². The molecule has 2 fully saturated rings. The lowest BCUT2D eigenvalue weighted by Crippen LogP contribution is -2.53. The minimum absolute atomic E-state index is 0.0141. The van der Waals surface area contributed by atoms with E-state index in [9.17, 15) is 65.1 Å². The van der Waals surface area contributed by atoms with Crippen LogP contribution in [0.15, 0.2) is 0 Å². The highest BCUT2D eigenvalue weighted by atomic mass is 19.2. The van der Waals surface area contributed by atoms with E-state index in [1.54, 1.807) is 0 Å². The topological polar surface area (TPSA) is 285 Å². The molecular formula is C64H99F5N4O18. The molecule has 91 heavy (non-hydrogen) atoms. The summed E-state index contributed by atoms with van der Waals surface area (Å²) in [6, 6.07) is 0. The van der Waals surface area contributed by atoms with Crippen molar-refractivity contribution in [2.75, 3.05) is 46.1 Å². The lowest BCUT2D eigenvalue weighted by atomic mass is 9.82. The summed E-state index contributed by atoms with van der Waals surface area (Å²) >= 11 is 0. The first-order valence-electron chi connectivity index (χ1n) is 32.2. The van der Waals surface area contributed by atoms with E-state index in [2.05, 4.69) is 32.9 Å². The van der Waals surface area contributed by atoms with Gasteiger partial charge in [-0.15, -0.1) is 0 Å². The Labute approximate surface area is 531 Å². The molecule has 3 rings (SSSR count). The maximum absolute atomic E-state index is 14.3. The van der Waals surface area contributed by atoms with Crippen LogP contribution in [0.5, 0.6) is 5.75 Å². The second kappa shape index (κ2) is 42.2. The number of benzene rings is 1. The Morgan fingerprint density at radius 1 is 0.440 bits per heavy atom. The molecule has 22 nitrogen and oxygen atoms in total. The summed E-state index contributed by atoms with van der Waals surface area (Å²) in [6.45, 7) is 16.4. The first kappa shape index (κ1) is 79.2. The number of esters is 5. The molecule has 1 aromatic carbocycles. The third-order valence-corrected chi connectivity index (χ3v) is 16.4. The van der Waals surface area contributed by atoms with Crippen LogP contribution in [0.1, 0.15) is 204 Å². The molecule has 4 N–H and O–H groups in total. The SMILES string of the molecule is CCCCCCCNC(=O)CCC(CCC(=O)NCCCCCCOC1OC(COC(C)=O)C(OC(C)=O)C(C)C1C)(CCC(=O)NCCCCCCOC1OC(COC(C)=O)C(OC(C)=O)C(C)C1C)NC(=O)CCCC(=O)Oc1c(F)c(F)c(F)c(F)c1F. The molecule has 2 aliphatic heterocycles. The van der Waals surface area contributed by atoms with Gasteiger partial charge in [-0.2, -0.15) is 8.78 Å². The molecule has 1 aromatic rings. The number of hydrogen-bond acceptors (Lipinski definition) is 18. The standard InChI is InChI=1S/C64H99F5N4O18/c1-10-11-12-13-18-32-70-49(78)26-29-64(73-52(81)24-23-25-53(82)91-61-57(68)55(66)54(65)56(67)58(61)69,30-27-50(79)71-33-19-14-16-21-35-83-62-41(4)39(2)59(87-45(8)76)47(89-62)37-85-43(6)74)31-28-51(80)72-34-20-15-17-22-36-84-63-42(5)40(3)60(88-46(9)77)48(90-63)38-86-44(7)75/h39-42,47-48,59-60,62-63H,10-38H2,1-9H3,(H,70,78)(H,71,79)(H,72,80)(H,73,81). The zero-order chi connectivity index (χ0) is 67.6. The van der Waals surface area contributed by atoms with E-state index in [1.807, 2.05) is 27.7 Å². The fourth-order valence-electron chi connectivity index (χ4n) is 10.8. The average molecular weight is 1310 g/mol. The van der Waals surface area contributed by atoms with Crippen LogP contribution >= 0.6 is 0 Å². The van der Waals surface area contributed by atoms with Crippen LogP contribution in [0, 0.1) is 52.8 Å². The van der Waals surface area contributed by atoms with E-state index in [0.29, 0.717) is 58.5 Å². The molecule has 0 radical (unpaired) electrons. The van der Waals surface area contributed by atoms with Crippen LogP contribution in [0.3, 0.4) is 0 Å². The van der Waals surface area contributed by atoms with E-state index in [4.69, 9.17) is 37.9 Å². The van der Waals surface area contributed by atoms with E-state index in [0.717, 1.165) is 57.8 Å². The highest BCUT2D eigenvalue weighted by Gasteiger charge is 2.46. The van der Waals surface area contributed by atoms with Crippen molar-refractivity contribution in [3.05, 3.63) is 29.1 Å². The minimum atomic E-state index is -2.44. The number of ether oxygens (including phenoxy) is 9. The van der Waals surface area contributed by atoms with Crippen molar-refractivity contribution in [2.45, 2.75) is 246 Å². The highest BCUT2D eigenvalue weighted by Crippen LogP contribution is 2.36. The fraction of sp³-hybridized carbons (Fsp3) is 0.766. The summed E-state index contributed by atoms with van der Waals surface area (Å²) in [6.07, 6.45) is 4.28. The molecule has 518 valence electrons. The Bertz CT molecular complexity index is 2370. The third kappa shape index (κ3) is 29.2. The van der Waals surface area contributed by atoms with E-state index >= 15 is 0 Å². The van der Waals surface area contributed by atoms with Gasteiger partial charge in [0.2, 0.25) is 58.5 Å². The van der Waals surface area contributed by atoms with E-state index in [-0.39, 0.29) is 99.6 Å². The molecule has 0 aliphatic carbocycles. The third-order valence-electron chi connectivity index (χ3n) is 16.4. The lowest BCUT2D eigenvalue weighted by Gasteiger charge is -2.43. The van der Waals surface area contributed by atoms with E-state index in [1.165, 1.54) is 27.7 Å². The predicted molar refractivity (Wildman–Crippen MR) is 319 cm³/mol. The summed E-state index contributed by atoms with van der Waals surface area (Å²) in [7, 11) is 0. The Morgan fingerprint density at radius 2 is 0.813 bits per heavy atom. The fourth-order valence-corrected chi connectivity index (χ4v) is 10.8. The van der Waals surface area contributed by atoms with Gasteiger partial charge in [0.15, 0.2) is 12.6 Å². The lowest BCUT2D eigenvalue weighted by molar-refractivity contribution is -0.273. The number of amides is 4. The van der Waals surface area contributed by atoms with Gasteiger partial charge in [-0.25, -0.2) is 13.2 Å². The Balaban J connectivity index is 1.65. The van der Waals surface area contributed by atoms with Crippen molar-refractivity contribution < 1.29 is 108 Å². The van der Waals surface area contributed by atoms with Gasteiger partial charge < -0.3 is 63.9 Å². The van der Waals surface area contributed by atoms with Crippen molar-refractivity contribution in [2.24, 2.45) is 23.7 Å². The van der Waals surface area contributed by atoms with Gasteiger partial charge in [0.25, 0.3) is 0 Å². The molecule has 10 unspecified atom stereocenters. The van der Waals surface area contributed by atoms with Gasteiger partial charge in [0, 0.05) is 122 Å². The molecule has 2 saturated heterocycles. The molecule has 10 atom stereocenters. The zero-order valence-electron chi connectivity index (χ0n) is 54.5. The van der Waals surface area contributed by atoms with Gasteiger partial charge in [-0.05, 0) is 57.8 Å².